The first-order chi connectivity index (χ1) is 10.0. The van der Waals surface area contributed by atoms with Crippen LogP contribution in [0.3, 0.4) is 0 Å². The van der Waals surface area contributed by atoms with Gasteiger partial charge >= 0.3 is 5.97 Å². The monoisotopic (exact) mass is 296 g/mol. The van der Waals surface area contributed by atoms with Crippen LogP contribution in [0.1, 0.15) is 65.2 Å². The van der Waals surface area contributed by atoms with Crippen LogP contribution in [0.4, 0.5) is 0 Å². The van der Waals surface area contributed by atoms with Gasteiger partial charge in [0.15, 0.2) is 0 Å². The topological polar surface area (TPSA) is 52.6 Å². The molecule has 1 aliphatic heterocycles. The second-order valence-electron chi connectivity index (χ2n) is 7.21. The van der Waals surface area contributed by atoms with Crippen molar-refractivity contribution in [3.05, 3.63) is 0 Å². The molecule has 0 bridgehead atoms. The summed E-state index contributed by atoms with van der Waals surface area (Å²) in [6.45, 7) is 7.74. The second kappa shape index (κ2) is 7.59. The van der Waals surface area contributed by atoms with E-state index in [9.17, 15) is 9.90 Å². The highest BCUT2D eigenvalue weighted by Crippen LogP contribution is 2.26. The molecule has 0 radical (unpaired) electrons. The normalized spacial score (nSPS) is 23.9. The molecule has 2 N–H and O–H groups in total. The van der Waals surface area contributed by atoms with Gasteiger partial charge in [-0.05, 0) is 77.4 Å². The van der Waals surface area contributed by atoms with Crippen LogP contribution in [-0.2, 0) is 4.79 Å². The fourth-order valence-electron chi connectivity index (χ4n) is 3.35. The molecule has 4 nitrogen and oxygen atoms in total. The number of hydrogen-bond acceptors (Lipinski definition) is 3. The molecule has 4 heteroatoms. The van der Waals surface area contributed by atoms with E-state index in [0.29, 0.717) is 6.04 Å². The van der Waals surface area contributed by atoms with Crippen LogP contribution in [0.15, 0.2) is 0 Å². The lowest BCUT2D eigenvalue weighted by Gasteiger charge is -2.32. The number of hydrogen-bond donors (Lipinski definition) is 2. The first-order valence-electron chi connectivity index (χ1n) is 8.77. The largest absolute Gasteiger partial charge is 0.480 e. The van der Waals surface area contributed by atoms with Gasteiger partial charge in [0.05, 0.1) is 0 Å². The number of likely N-dealkylation sites (tertiary alicyclic amines) is 1. The van der Waals surface area contributed by atoms with E-state index in [1.807, 2.05) is 6.92 Å². The molecule has 0 spiro atoms. The minimum atomic E-state index is -0.726. The van der Waals surface area contributed by atoms with E-state index >= 15 is 0 Å². The Kier molecular flexibility index (Phi) is 6.06. The van der Waals surface area contributed by atoms with Crippen molar-refractivity contribution in [2.45, 2.75) is 76.8 Å². The average molecular weight is 296 g/mol. The van der Waals surface area contributed by atoms with E-state index in [4.69, 9.17) is 0 Å². The molecule has 122 valence electrons. The number of nitrogens with one attached hydrogen (secondary N) is 1. The number of nitrogens with zero attached hydrogens (tertiary/aromatic N) is 1. The van der Waals surface area contributed by atoms with E-state index in [1.165, 1.54) is 32.4 Å². The Morgan fingerprint density at radius 3 is 2.43 bits per heavy atom. The summed E-state index contributed by atoms with van der Waals surface area (Å²) in [4.78, 5) is 14.0. The predicted molar refractivity (Wildman–Crippen MR) is 85.5 cm³/mol. The van der Waals surface area contributed by atoms with Crippen LogP contribution in [-0.4, -0.2) is 47.2 Å². The number of aliphatic carboxylic acids is 1. The minimum absolute atomic E-state index is 0.444. The maximum atomic E-state index is 11.5. The van der Waals surface area contributed by atoms with Gasteiger partial charge in [0.2, 0.25) is 0 Å². The zero-order valence-electron chi connectivity index (χ0n) is 13.7. The van der Waals surface area contributed by atoms with Crippen LogP contribution in [0.25, 0.3) is 0 Å². The highest BCUT2D eigenvalue weighted by Gasteiger charge is 2.37. The third-order valence-electron chi connectivity index (χ3n) is 5.26. The molecule has 0 aromatic carbocycles. The van der Waals surface area contributed by atoms with Crippen molar-refractivity contribution >= 4 is 5.97 Å². The number of rotatable bonds is 9. The van der Waals surface area contributed by atoms with Crippen molar-refractivity contribution in [1.82, 2.24) is 10.2 Å². The third-order valence-corrected chi connectivity index (χ3v) is 5.26. The van der Waals surface area contributed by atoms with E-state index in [2.05, 4.69) is 17.1 Å². The van der Waals surface area contributed by atoms with Gasteiger partial charge in [0.1, 0.15) is 5.54 Å². The highest BCUT2D eigenvalue weighted by molar-refractivity contribution is 5.78. The molecule has 2 fully saturated rings. The van der Waals surface area contributed by atoms with Crippen LogP contribution in [0.5, 0.6) is 0 Å². The molecule has 1 saturated carbocycles. The van der Waals surface area contributed by atoms with Gasteiger partial charge in [-0.3, -0.25) is 10.1 Å². The summed E-state index contributed by atoms with van der Waals surface area (Å²) in [5.41, 5.74) is -0.726. The summed E-state index contributed by atoms with van der Waals surface area (Å²) in [6.07, 6.45) is 9.12. The molecule has 0 aromatic heterocycles. The molecular formula is C17H32N2O2. The van der Waals surface area contributed by atoms with Crippen molar-refractivity contribution < 1.29 is 9.90 Å². The first-order valence-corrected chi connectivity index (χ1v) is 8.77. The molecule has 1 aliphatic carbocycles. The van der Waals surface area contributed by atoms with Crippen LogP contribution in [0.2, 0.25) is 0 Å². The molecule has 1 atom stereocenters. The van der Waals surface area contributed by atoms with E-state index in [-0.39, 0.29) is 0 Å². The molecule has 0 amide bonds. The van der Waals surface area contributed by atoms with Gasteiger partial charge in [-0.1, -0.05) is 13.3 Å². The lowest BCUT2D eigenvalue weighted by Crippen LogP contribution is -2.50. The van der Waals surface area contributed by atoms with Gasteiger partial charge in [-0.2, -0.15) is 0 Å². The van der Waals surface area contributed by atoms with Gasteiger partial charge < -0.3 is 10.0 Å². The fraction of sp³-hybridized carbons (Fsp3) is 0.941. The van der Waals surface area contributed by atoms with Gasteiger partial charge in [-0.25, -0.2) is 0 Å². The number of piperidine rings is 1. The Balaban J connectivity index is 1.62. The standard InChI is InChI=1S/C17H32N2O2/c1-3-14-8-12-19(13-9-14)11-5-4-10-17(2,16(20)21)18-15-6-7-15/h14-15,18H,3-13H2,1-2H3,(H,20,21). The summed E-state index contributed by atoms with van der Waals surface area (Å²) in [7, 11) is 0. The predicted octanol–water partition coefficient (Wildman–Crippen LogP) is 2.87. The lowest BCUT2D eigenvalue weighted by molar-refractivity contribution is -0.144. The molecule has 1 saturated heterocycles. The van der Waals surface area contributed by atoms with E-state index < -0.39 is 11.5 Å². The fourth-order valence-corrected chi connectivity index (χ4v) is 3.35. The number of carbonyl (C=O) groups is 1. The minimum Gasteiger partial charge on any atom is -0.480 e. The maximum Gasteiger partial charge on any atom is 0.323 e. The van der Waals surface area contributed by atoms with E-state index in [1.54, 1.807) is 0 Å². The zero-order valence-corrected chi connectivity index (χ0v) is 13.7. The van der Waals surface area contributed by atoms with Gasteiger partial charge in [-0.15, -0.1) is 0 Å². The maximum absolute atomic E-state index is 11.5. The Labute approximate surface area is 129 Å². The smallest absolute Gasteiger partial charge is 0.323 e. The van der Waals surface area contributed by atoms with E-state index in [0.717, 1.165) is 44.6 Å². The Bertz CT molecular complexity index is 336. The number of unbranched alkanes of at least 4 members (excludes halogenated alkanes) is 1. The summed E-state index contributed by atoms with van der Waals surface area (Å²) in [5.74, 6) is 0.234. The summed E-state index contributed by atoms with van der Waals surface area (Å²) < 4.78 is 0. The SMILES string of the molecule is CCC1CCN(CCCCC(C)(NC2CC2)C(=O)O)CC1. The molecule has 21 heavy (non-hydrogen) atoms. The molecule has 2 rings (SSSR count). The second-order valence-corrected chi connectivity index (χ2v) is 7.21. The van der Waals surface area contributed by atoms with Gasteiger partial charge in [0.25, 0.3) is 0 Å². The van der Waals surface area contributed by atoms with Crippen molar-refractivity contribution in [3.63, 3.8) is 0 Å². The van der Waals surface area contributed by atoms with Crippen LogP contribution in [0, 0.1) is 5.92 Å². The zero-order chi connectivity index (χ0) is 15.3. The molecule has 1 heterocycles. The van der Waals surface area contributed by atoms with Gasteiger partial charge in [0, 0.05) is 6.04 Å². The van der Waals surface area contributed by atoms with Crippen LogP contribution >= 0.6 is 0 Å². The molecule has 1 unspecified atom stereocenters. The summed E-state index contributed by atoms with van der Waals surface area (Å²) >= 11 is 0. The Morgan fingerprint density at radius 2 is 1.90 bits per heavy atom. The Morgan fingerprint density at radius 1 is 1.24 bits per heavy atom. The first kappa shape index (κ1) is 16.8. The molecule has 2 aliphatic rings. The Hall–Kier alpha value is -0.610. The van der Waals surface area contributed by atoms with Crippen LogP contribution < -0.4 is 5.32 Å². The highest BCUT2D eigenvalue weighted by atomic mass is 16.4. The molecular weight excluding hydrogens is 264 g/mol. The summed E-state index contributed by atoms with van der Waals surface area (Å²) in [6, 6.07) is 0.444. The quantitative estimate of drug-likeness (QED) is 0.642. The average Bonchev–Trinajstić information content (AvgIpc) is 3.28. The molecule has 0 aromatic rings. The van der Waals surface area contributed by atoms with Crippen molar-refractivity contribution in [1.29, 1.82) is 0 Å². The van der Waals surface area contributed by atoms with Crippen molar-refractivity contribution in [3.8, 4) is 0 Å². The number of carboxylic acids is 1. The van der Waals surface area contributed by atoms with Crippen molar-refractivity contribution in [2.75, 3.05) is 19.6 Å². The number of carboxylic acid groups (broad SMARTS) is 1. The summed E-state index contributed by atoms with van der Waals surface area (Å²) in [5, 5.41) is 12.7. The van der Waals surface area contributed by atoms with Crippen molar-refractivity contribution in [2.24, 2.45) is 5.92 Å². The lowest BCUT2D eigenvalue weighted by atomic mass is 9.93. The third kappa shape index (κ3) is 5.26.